The largest absolute Gasteiger partial charge is 0.325 e. The third-order valence-corrected chi connectivity index (χ3v) is 4.39. The van der Waals surface area contributed by atoms with E-state index in [2.05, 4.69) is 15.5 Å². The van der Waals surface area contributed by atoms with E-state index < -0.39 is 0 Å². The number of rotatable bonds is 4. The van der Waals surface area contributed by atoms with Crippen LogP contribution in [0.3, 0.4) is 0 Å². The molecule has 0 spiro atoms. The van der Waals surface area contributed by atoms with Gasteiger partial charge < -0.3 is 5.32 Å². The number of thioether (sulfide) groups is 1. The molecule has 0 radical (unpaired) electrons. The summed E-state index contributed by atoms with van der Waals surface area (Å²) in [6.45, 7) is 1.87. The van der Waals surface area contributed by atoms with Crippen LogP contribution < -0.4 is 5.32 Å². The molecule has 0 atom stereocenters. The number of hydrogen-bond donors (Lipinski definition) is 1. The van der Waals surface area contributed by atoms with Gasteiger partial charge in [-0.3, -0.25) is 4.79 Å². The monoisotopic (exact) mass is 333 g/mol. The summed E-state index contributed by atoms with van der Waals surface area (Å²) in [7, 11) is 0. The molecular formula is C11H9Cl2N3OS2. The number of carbonyl (C=O) groups is 1. The van der Waals surface area contributed by atoms with Crippen molar-refractivity contribution in [3.63, 3.8) is 0 Å². The topological polar surface area (TPSA) is 54.9 Å². The number of nitrogens with zero attached hydrogens (tertiary/aromatic N) is 2. The average molecular weight is 334 g/mol. The van der Waals surface area contributed by atoms with Crippen molar-refractivity contribution >= 4 is 57.9 Å². The van der Waals surface area contributed by atoms with E-state index in [1.807, 2.05) is 6.92 Å². The first-order chi connectivity index (χ1) is 9.02. The highest BCUT2D eigenvalue weighted by Gasteiger charge is 2.07. The molecule has 1 heterocycles. The smallest absolute Gasteiger partial charge is 0.234 e. The molecule has 4 nitrogen and oxygen atoms in total. The molecule has 0 aliphatic heterocycles. The molecule has 0 aliphatic rings. The van der Waals surface area contributed by atoms with Crippen LogP contribution in [0.1, 0.15) is 5.01 Å². The Bertz CT molecular complexity index is 583. The first kappa shape index (κ1) is 14.6. The molecule has 19 heavy (non-hydrogen) atoms. The van der Waals surface area contributed by atoms with Crippen molar-refractivity contribution in [3.8, 4) is 0 Å². The van der Waals surface area contributed by atoms with Crippen LogP contribution in [0.4, 0.5) is 5.69 Å². The zero-order chi connectivity index (χ0) is 13.8. The van der Waals surface area contributed by atoms with Crippen LogP contribution >= 0.6 is 46.3 Å². The maximum absolute atomic E-state index is 11.8. The van der Waals surface area contributed by atoms with Gasteiger partial charge in [0.15, 0.2) is 4.34 Å². The van der Waals surface area contributed by atoms with E-state index in [1.54, 1.807) is 18.2 Å². The molecule has 2 aromatic rings. The number of nitrogens with one attached hydrogen (secondary N) is 1. The molecule has 1 N–H and O–H groups in total. The van der Waals surface area contributed by atoms with Crippen LogP contribution in [-0.2, 0) is 4.79 Å². The summed E-state index contributed by atoms with van der Waals surface area (Å²) in [5.74, 6) is 0.120. The van der Waals surface area contributed by atoms with Gasteiger partial charge in [0.2, 0.25) is 5.91 Å². The second-order valence-electron chi connectivity index (χ2n) is 3.58. The fourth-order valence-corrected chi connectivity index (χ4v) is 3.43. The lowest BCUT2D eigenvalue weighted by molar-refractivity contribution is -0.113. The summed E-state index contributed by atoms with van der Waals surface area (Å²) in [6, 6.07) is 4.90. The normalized spacial score (nSPS) is 10.5. The second kappa shape index (κ2) is 6.56. The minimum Gasteiger partial charge on any atom is -0.325 e. The van der Waals surface area contributed by atoms with Crippen molar-refractivity contribution in [1.82, 2.24) is 10.2 Å². The van der Waals surface area contributed by atoms with E-state index in [0.717, 1.165) is 9.35 Å². The van der Waals surface area contributed by atoms with E-state index in [1.165, 1.54) is 23.1 Å². The van der Waals surface area contributed by atoms with Crippen molar-refractivity contribution in [2.45, 2.75) is 11.3 Å². The highest BCUT2D eigenvalue weighted by atomic mass is 35.5. The molecule has 0 fully saturated rings. The molecule has 0 unspecified atom stereocenters. The van der Waals surface area contributed by atoms with Gasteiger partial charge in [-0.25, -0.2) is 0 Å². The lowest BCUT2D eigenvalue weighted by Gasteiger charge is -2.05. The van der Waals surface area contributed by atoms with Gasteiger partial charge in [-0.1, -0.05) is 46.3 Å². The Morgan fingerprint density at radius 1 is 1.32 bits per heavy atom. The Balaban J connectivity index is 1.90. The minimum absolute atomic E-state index is 0.142. The lowest BCUT2D eigenvalue weighted by Crippen LogP contribution is -2.13. The molecule has 1 amide bonds. The molecule has 1 aromatic carbocycles. The molecule has 2 rings (SSSR count). The van der Waals surface area contributed by atoms with E-state index in [9.17, 15) is 4.79 Å². The van der Waals surface area contributed by atoms with Crippen LogP contribution in [0.15, 0.2) is 22.5 Å². The molecule has 1 aromatic heterocycles. The molecule has 0 saturated carbocycles. The quantitative estimate of drug-likeness (QED) is 0.862. The number of hydrogen-bond acceptors (Lipinski definition) is 5. The number of aromatic nitrogens is 2. The Kier molecular flexibility index (Phi) is 5.04. The van der Waals surface area contributed by atoms with Crippen molar-refractivity contribution < 1.29 is 4.79 Å². The SMILES string of the molecule is Cc1nnc(SCC(=O)Nc2cc(Cl)cc(Cl)c2)s1. The van der Waals surface area contributed by atoms with Gasteiger partial charge in [0.25, 0.3) is 0 Å². The molecule has 100 valence electrons. The van der Waals surface area contributed by atoms with Crippen LogP contribution in [-0.4, -0.2) is 21.9 Å². The zero-order valence-corrected chi connectivity index (χ0v) is 13.0. The van der Waals surface area contributed by atoms with Gasteiger partial charge in [-0.15, -0.1) is 10.2 Å². The maximum Gasteiger partial charge on any atom is 0.234 e. The van der Waals surface area contributed by atoms with Crippen LogP contribution in [0.5, 0.6) is 0 Å². The Labute approximate surface area is 128 Å². The minimum atomic E-state index is -0.142. The molecular weight excluding hydrogens is 325 g/mol. The maximum atomic E-state index is 11.8. The predicted octanol–water partition coefficient (Wildman–Crippen LogP) is 3.88. The number of carbonyl (C=O) groups excluding carboxylic acids is 1. The van der Waals surface area contributed by atoms with Crippen LogP contribution in [0, 0.1) is 6.92 Å². The van der Waals surface area contributed by atoms with Gasteiger partial charge in [-0.05, 0) is 25.1 Å². The fraction of sp³-hybridized carbons (Fsp3) is 0.182. The number of amides is 1. The molecule has 0 bridgehead atoms. The summed E-state index contributed by atoms with van der Waals surface area (Å²) in [5.41, 5.74) is 0.580. The highest BCUT2D eigenvalue weighted by molar-refractivity contribution is 8.01. The first-order valence-electron chi connectivity index (χ1n) is 5.22. The third kappa shape index (κ3) is 4.65. The van der Waals surface area contributed by atoms with Crippen LogP contribution in [0.2, 0.25) is 10.0 Å². The Hall–Kier alpha value is -0.820. The number of anilines is 1. The molecule has 0 aliphatic carbocycles. The van der Waals surface area contributed by atoms with Crippen molar-refractivity contribution in [3.05, 3.63) is 33.3 Å². The van der Waals surface area contributed by atoms with Gasteiger partial charge in [0, 0.05) is 15.7 Å². The van der Waals surface area contributed by atoms with E-state index in [0.29, 0.717) is 15.7 Å². The third-order valence-electron chi connectivity index (χ3n) is 1.98. The Morgan fingerprint density at radius 2 is 2.00 bits per heavy atom. The van der Waals surface area contributed by atoms with Crippen LogP contribution in [0.25, 0.3) is 0 Å². The summed E-state index contributed by atoms with van der Waals surface area (Å²) in [5, 5.41) is 12.4. The van der Waals surface area contributed by atoms with Gasteiger partial charge in [-0.2, -0.15) is 0 Å². The summed E-state index contributed by atoms with van der Waals surface area (Å²) in [6.07, 6.45) is 0. The fourth-order valence-electron chi connectivity index (χ4n) is 1.29. The average Bonchev–Trinajstić information content (AvgIpc) is 2.71. The number of halogens is 2. The zero-order valence-electron chi connectivity index (χ0n) is 9.81. The summed E-state index contributed by atoms with van der Waals surface area (Å²) < 4.78 is 0.775. The predicted molar refractivity (Wildman–Crippen MR) is 80.5 cm³/mol. The van der Waals surface area contributed by atoms with Gasteiger partial charge in [0.1, 0.15) is 5.01 Å². The second-order valence-corrected chi connectivity index (χ2v) is 6.86. The van der Waals surface area contributed by atoms with Crippen molar-refractivity contribution in [2.24, 2.45) is 0 Å². The van der Waals surface area contributed by atoms with Crippen molar-refractivity contribution in [1.29, 1.82) is 0 Å². The van der Waals surface area contributed by atoms with E-state index in [4.69, 9.17) is 23.2 Å². The van der Waals surface area contributed by atoms with Crippen molar-refractivity contribution in [2.75, 3.05) is 11.1 Å². The Morgan fingerprint density at radius 3 is 2.58 bits per heavy atom. The van der Waals surface area contributed by atoms with Gasteiger partial charge >= 0.3 is 0 Å². The highest BCUT2D eigenvalue weighted by Crippen LogP contribution is 2.24. The summed E-state index contributed by atoms with van der Waals surface area (Å²) in [4.78, 5) is 11.8. The molecule has 8 heteroatoms. The van der Waals surface area contributed by atoms with Gasteiger partial charge in [0.05, 0.1) is 5.75 Å². The number of benzene rings is 1. The summed E-state index contributed by atoms with van der Waals surface area (Å²) >= 11 is 14.5. The standard InChI is InChI=1S/C11H9Cl2N3OS2/c1-6-15-16-11(19-6)18-5-10(17)14-9-3-7(12)2-8(13)4-9/h2-4H,5H2,1H3,(H,14,17). The first-order valence-corrected chi connectivity index (χ1v) is 7.77. The number of aryl methyl sites for hydroxylation is 1. The van der Waals surface area contributed by atoms with E-state index in [-0.39, 0.29) is 11.7 Å². The van der Waals surface area contributed by atoms with E-state index >= 15 is 0 Å². The molecule has 0 saturated heterocycles. The lowest BCUT2D eigenvalue weighted by atomic mass is 10.3.